The largest absolute Gasteiger partial charge is 0.511 e. The molecule has 4 saturated carbocycles. The monoisotopic (exact) mass is 940 g/mol. The summed E-state index contributed by atoms with van der Waals surface area (Å²) in [4.78, 5) is 101. The van der Waals surface area contributed by atoms with E-state index in [1.807, 2.05) is 0 Å². The first kappa shape index (κ1) is 47.1. The number of aliphatic hydroxyl groups excluding tert-OH is 1. The van der Waals surface area contributed by atoms with Gasteiger partial charge in [0.05, 0.1) is 46.7 Å². The van der Waals surface area contributed by atoms with E-state index in [4.69, 9.17) is 51.8 Å². The number of carbonyl (C=O) groups excluding carboxylic acids is 7. The van der Waals surface area contributed by atoms with Gasteiger partial charge in [0.25, 0.3) is 5.97 Å². The number of hydrogen-bond donors (Lipinski definition) is 1. The number of furan rings is 1. The summed E-state index contributed by atoms with van der Waals surface area (Å²) in [7, 11) is 0. The highest BCUT2D eigenvalue weighted by molar-refractivity contribution is 5.93. The van der Waals surface area contributed by atoms with E-state index in [0.29, 0.717) is 0 Å². The summed E-state index contributed by atoms with van der Waals surface area (Å²) in [6, 6.07) is 1.51. The summed E-state index contributed by atoms with van der Waals surface area (Å²) >= 11 is 0. The molecule has 0 amide bonds. The molecule has 1 N–H and O–H groups in total. The summed E-state index contributed by atoms with van der Waals surface area (Å²) in [6.07, 6.45) is -6.76. The molecule has 8 fully saturated rings. The maximum absolute atomic E-state index is 15.6. The molecule has 4 saturated heterocycles. The highest BCUT2D eigenvalue weighted by Gasteiger charge is 3.09. The summed E-state index contributed by atoms with van der Waals surface area (Å²) in [6.45, 7) is 19.2. The van der Waals surface area contributed by atoms with Crippen molar-refractivity contribution < 1.29 is 90.5 Å². The lowest BCUT2D eigenvalue weighted by molar-refractivity contribution is -0.498. The van der Waals surface area contributed by atoms with Gasteiger partial charge >= 0.3 is 41.8 Å². The van der Waals surface area contributed by atoms with Crippen LogP contribution in [-0.4, -0.2) is 106 Å². The van der Waals surface area contributed by atoms with Crippen molar-refractivity contribution >= 4 is 41.8 Å². The van der Waals surface area contributed by atoms with Crippen molar-refractivity contribution in [2.45, 2.75) is 162 Å². The van der Waals surface area contributed by atoms with E-state index in [0.717, 1.165) is 13.8 Å². The third-order valence-corrected chi connectivity index (χ3v) is 16.3. The molecule has 2 unspecified atom stereocenters. The van der Waals surface area contributed by atoms with Crippen LogP contribution in [0.25, 0.3) is 0 Å². The number of esters is 7. The Kier molecular flexibility index (Phi) is 10.2. The second-order valence-corrected chi connectivity index (χ2v) is 21.6. The molecule has 4 aliphatic carbocycles. The van der Waals surface area contributed by atoms with Crippen molar-refractivity contribution in [3.8, 4) is 0 Å². The second-order valence-electron chi connectivity index (χ2n) is 21.6. The lowest BCUT2D eigenvalue weighted by Crippen LogP contribution is -2.99. The fraction of sp³-hybridized carbons (Fsp3) is 0.729. The van der Waals surface area contributed by atoms with Crippen LogP contribution < -0.4 is 0 Å². The first-order chi connectivity index (χ1) is 31.1. The van der Waals surface area contributed by atoms with Crippen molar-refractivity contribution in [2.24, 2.45) is 51.8 Å². The van der Waals surface area contributed by atoms with E-state index in [-0.39, 0.29) is 18.4 Å². The van der Waals surface area contributed by atoms with Crippen molar-refractivity contribution in [1.29, 1.82) is 0 Å². The Bertz CT molecular complexity index is 2390. The molecule has 67 heavy (non-hydrogen) atoms. The van der Waals surface area contributed by atoms with Crippen LogP contribution in [0, 0.1) is 51.8 Å². The van der Waals surface area contributed by atoms with E-state index >= 15 is 4.79 Å². The summed E-state index contributed by atoms with van der Waals surface area (Å²) < 4.78 is 73.9. The van der Waals surface area contributed by atoms with Crippen molar-refractivity contribution in [2.75, 3.05) is 6.61 Å². The second kappa shape index (κ2) is 14.5. The summed E-state index contributed by atoms with van der Waals surface area (Å²) in [5, 5.41) is 12.6. The van der Waals surface area contributed by atoms with Gasteiger partial charge in [-0.1, -0.05) is 69.2 Å². The minimum atomic E-state index is -2.49. The van der Waals surface area contributed by atoms with E-state index in [9.17, 15) is 33.9 Å². The molecule has 0 radical (unpaired) electrons. The van der Waals surface area contributed by atoms with Gasteiger partial charge in [-0.2, -0.15) is 0 Å². The number of carbonyl (C=O) groups is 7. The van der Waals surface area contributed by atoms with Crippen LogP contribution in [0.3, 0.4) is 0 Å². The summed E-state index contributed by atoms with van der Waals surface area (Å²) in [5.41, 5.74) is -15.0. The van der Waals surface area contributed by atoms with Gasteiger partial charge in [-0.25, -0.2) is 4.79 Å². The standard InChI is InChI=1S/C48H60O19/c1-20(2)30(52)29-31-42(12,32(26-14-15-57-17-26)60-35(53)21(3)4)33(61-36(54)22(5)6)34(62-37(55)23(7)8)48-44-19-58-28(51)16-27(44)41(11)18-45(44)47(64-25(10)50,39(41)59-24(9)49)40(63-38(29)56)46(31,48)66-43(13,65-45)67-48/h14-15,17,20-23,27,31-34,39-40,52H,16,18-19H2,1-13H3/b30-29-/t27-,31?,32-,33-,34+,39-,40-,41-,42+,43?,44+,45+,46+,47-,48-/m0/s1. The third-order valence-electron chi connectivity index (χ3n) is 16.3. The normalized spacial score (nSPS) is 43.8. The lowest BCUT2D eigenvalue weighted by Gasteiger charge is -2.79. The van der Waals surface area contributed by atoms with E-state index < -0.39 is 170 Å². The predicted molar refractivity (Wildman–Crippen MR) is 222 cm³/mol. The Morgan fingerprint density at radius 1 is 0.791 bits per heavy atom. The van der Waals surface area contributed by atoms with Gasteiger partial charge in [0.15, 0.2) is 35.6 Å². The predicted octanol–water partition coefficient (Wildman–Crippen LogP) is 4.87. The van der Waals surface area contributed by atoms with Gasteiger partial charge in [-0.15, -0.1) is 0 Å². The van der Waals surface area contributed by atoms with E-state index in [1.54, 1.807) is 69.2 Å². The minimum absolute atomic E-state index is 0.159. The Balaban J connectivity index is 1.54. The van der Waals surface area contributed by atoms with Gasteiger partial charge < -0.3 is 56.9 Å². The Morgan fingerprint density at radius 3 is 1.97 bits per heavy atom. The van der Waals surface area contributed by atoms with Gasteiger partial charge in [-0.3, -0.25) is 28.8 Å². The lowest BCUT2D eigenvalue weighted by atomic mass is 9.31. The molecule has 15 atom stereocenters. The van der Waals surface area contributed by atoms with Crippen molar-refractivity contribution in [3.05, 3.63) is 35.5 Å². The minimum Gasteiger partial charge on any atom is -0.511 e. The van der Waals surface area contributed by atoms with E-state index in [2.05, 4.69) is 0 Å². The molecule has 5 heterocycles. The highest BCUT2D eigenvalue weighted by Crippen LogP contribution is 2.91. The number of rotatable bonds is 11. The zero-order valence-corrected chi connectivity index (χ0v) is 40.0. The number of fused-ring (bicyclic) bond motifs is 4. The Labute approximate surface area is 387 Å². The average Bonchev–Trinajstić information content (AvgIpc) is 3.93. The van der Waals surface area contributed by atoms with Gasteiger partial charge in [0, 0.05) is 50.0 Å². The molecule has 1 aromatic heterocycles. The number of aliphatic hydroxyl groups is 1. The maximum Gasteiger partial charge on any atom is 0.338 e. The van der Waals surface area contributed by atoms with Gasteiger partial charge in [0.1, 0.15) is 24.1 Å². The van der Waals surface area contributed by atoms with Crippen molar-refractivity contribution in [3.63, 3.8) is 0 Å². The number of hydrogen-bond acceptors (Lipinski definition) is 19. The Morgan fingerprint density at radius 2 is 1.42 bits per heavy atom. The Hall–Kier alpha value is -5.01. The number of ether oxygens (including phenoxy) is 10. The van der Waals surface area contributed by atoms with Crippen LogP contribution in [-0.2, 0) is 80.9 Å². The average molecular weight is 941 g/mol. The highest BCUT2D eigenvalue weighted by atomic mass is 16.9. The zero-order chi connectivity index (χ0) is 49.1. The third kappa shape index (κ3) is 5.36. The molecule has 8 aliphatic rings. The molecule has 9 rings (SSSR count). The number of allylic oxidation sites excluding steroid dienone is 1. The van der Waals surface area contributed by atoms with Crippen LogP contribution in [0.15, 0.2) is 34.3 Å². The molecule has 0 aromatic carbocycles. The van der Waals surface area contributed by atoms with Gasteiger partial charge in [0.2, 0.25) is 5.60 Å². The molecule has 1 aromatic rings. The number of cyclic esters (lactones) is 1. The molecule has 4 spiro atoms. The summed E-state index contributed by atoms with van der Waals surface area (Å²) in [5.74, 6) is -14.8. The van der Waals surface area contributed by atoms with Crippen LogP contribution in [0.5, 0.6) is 0 Å². The fourth-order valence-corrected chi connectivity index (χ4v) is 14.4. The quantitative estimate of drug-likeness (QED) is 0.135. The molecule has 4 aliphatic heterocycles. The van der Waals surface area contributed by atoms with Crippen LogP contribution >= 0.6 is 0 Å². The molecule has 19 heteroatoms. The van der Waals surface area contributed by atoms with E-state index in [1.165, 1.54) is 25.5 Å². The van der Waals surface area contributed by atoms with Gasteiger partial charge in [-0.05, 0) is 18.4 Å². The fourth-order valence-electron chi connectivity index (χ4n) is 14.4. The maximum atomic E-state index is 15.6. The molecule has 19 nitrogen and oxygen atoms in total. The topological polar surface area (TPSA) is 245 Å². The zero-order valence-electron chi connectivity index (χ0n) is 40.0. The van der Waals surface area contributed by atoms with Crippen molar-refractivity contribution in [1.82, 2.24) is 0 Å². The van der Waals surface area contributed by atoms with Crippen LogP contribution in [0.1, 0.15) is 115 Å². The molecule has 366 valence electrons. The van der Waals surface area contributed by atoms with Crippen LogP contribution in [0.4, 0.5) is 0 Å². The SMILES string of the molecule is CC(=O)O[C@H]1[C@@]2(C)C[C@]34OC5(C)O[C@@]6([C@H](OC(=O)C(C)C)[C@H](OC(=O)C(C)C)[C@@](C)([C@@H](OC(=O)C(C)C)c7ccoc7)C7/C(=C(/O)C(C)C)C(=O)O[C@H]([C@@]13OC(C)=O)[C@]76O5)[C@@]41COC(=O)C[C@@H]21. The first-order valence-electron chi connectivity index (χ1n) is 23.0. The molecular weight excluding hydrogens is 881 g/mol. The molecule has 4 bridgehead atoms. The molecular formula is C48H60O19. The smallest absolute Gasteiger partial charge is 0.338 e. The first-order valence-corrected chi connectivity index (χ1v) is 23.0. The van der Waals surface area contributed by atoms with Crippen LogP contribution in [0.2, 0.25) is 0 Å².